The number of benzene rings is 2. The Bertz CT molecular complexity index is 1370. The van der Waals surface area contributed by atoms with Crippen molar-refractivity contribution in [3.8, 4) is 11.4 Å². The number of nitrogens with zero attached hydrogens (tertiary/aromatic N) is 4. The second-order valence-corrected chi connectivity index (χ2v) is 8.70. The van der Waals surface area contributed by atoms with Crippen molar-refractivity contribution >= 4 is 39.8 Å². The predicted molar refractivity (Wildman–Crippen MR) is 132 cm³/mol. The van der Waals surface area contributed by atoms with Crippen LogP contribution in [0.5, 0.6) is 5.75 Å². The average molecular weight is 456 g/mol. The number of carbonyl (C=O) groups is 1. The van der Waals surface area contributed by atoms with Crippen LogP contribution in [0.3, 0.4) is 0 Å². The minimum absolute atomic E-state index is 0.000857. The summed E-state index contributed by atoms with van der Waals surface area (Å²) in [6.07, 6.45) is 3.63. The van der Waals surface area contributed by atoms with Crippen molar-refractivity contribution < 1.29 is 9.53 Å². The fourth-order valence-corrected chi connectivity index (χ4v) is 4.46. The fraction of sp³-hybridized carbons (Fsp3) is 0.120. The molecule has 2 aliphatic heterocycles. The number of amides is 1. The number of aromatic nitrogens is 1. The molecule has 0 atom stereocenters. The quantitative estimate of drug-likeness (QED) is 0.561. The molecule has 3 heterocycles. The number of ether oxygens (including phenoxy) is 1. The van der Waals surface area contributed by atoms with Crippen LogP contribution in [0.2, 0.25) is 0 Å². The van der Waals surface area contributed by atoms with Crippen LogP contribution >= 0.6 is 11.8 Å². The molecular formula is C25H21N5O2S. The summed E-state index contributed by atoms with van der Waals surface area (Å²) >= 11 is 1.25. The molecule has 0 radical (unpaired) electrons. The van der Waals surface area contributed by atoms with Crippen LogP contribution in [0.15, 0.2) is 82.5 Å². The third kappa shape index (κ3) is 4.01. The lowest BCUT2D eigenvalue weighted by atomic mass is 10.1. The Balaban J connectivity index is 1.40. The molecule has 1 amide bonds. The first-order valence-electron chi connectivity index (χ1n) is 10.4. The molecule has 2 aliphatic rings. The molecule has 1 aromatic heterocycles. The van der Waals surface area contributed by atoms with Crippen LogP contribution in [0, 0.1) is 19.3 Å². The standard InChI is InChI=1S/C25H21N5O2S/c1-16-8-3-5-11-20(16)29-13-7-10-18(29)14-19-23(26)30-25(27-24(19)31)33-22(28-30)15-32-21-12-6-4-9-17(21)2/h3-14,26H,15H2,1-2H3/b19-14+,26-23?. The third-order valence-corrected chi connectivity index (χ3v) is 6.27. The van der Waals surface area contributed by atoms with Crippen LogP contribution < -0.4 is 4.74 Å². The van der Waals surface area contributed by atoms with Gasteiger partial charge in [-0.25, -0.2) is 0 Å². The van der Waals surface area contributed by atoms with Crippen molar-refractivity contribution in [1.29, 1.82) is 5.41 Å². The molecular weight excluding hydrogens is 434 g/mol. The van der Waals surface area contributed by atoms with E-state index in [0.29, 0.717) is 10.2 Å². The lowest BCUT2D eigenvalue weighted by molar-refractivity contribution is -0.114. The fourth-order valence-electron chi connectivity index (χ4n) is 3.66. The number of carbonyl (C=O) groups excluding carboxylic acids is 1. The number of hydrogen-bond acceptors (Lipinski definition) is 5. The molecule has 0 unspecified atom stereocenters. The van der Waals surface area contributed by atoms with Crippen molar-refractivity contribution in [2.24, 2.45) is 10.1 Å². The van der Waals surface area contributed by atoms with E-state index in [1.54, 1.807) is 6.08 Å². The minimum Gasteiger partial charge on any atom is -0.486 e. The minimum atomic E-state index is -0.451. The summed E-state index contributed by atoms with van der Waals surface area (Å²) in [5.74, 6) is 0.324. The van der Waals surface area contributed by atoms with Crippen molar-refractivity contribution in [3.63, 3.8) is 0 Å². The zero-order valence-corrected chi connectivity index (χ0v) is 19.0. The van der Waals surface area contributed by atoms with Gasteiger partial charge in [0.05, 0.1) is 5.57 Å². The molecule has 33 heavy (non-hydrogen) atoms. The third-order valence-electron chi connectivity index (χ3n) is 5.39. The first kappa shape index (κ1) is 21.0. The lowest BCUT2D eigenvalue weighted by Crippen LogP contribution is -2.35. The number of rotatable bonds is 5. The summed E-state index contributed by atoms with van der Waals surface area (Å²) in [6, 6.07) is 19.6. The number of amidine groups is 2. The molecule has 164 valence electrons. The largest absolute Gasteiger partial charge is 0.486 e. The predicted octanol–water partition coefficient (Wildman–Crippen LogP) is 4.79. The van der Waals surface area contributed by atoms with E-state index in [-0.39, 0.29) is 18.0 Å². The molecule has 0 bridgehead atoms. The highest BCUT2D eigenvalue weighted by Gasteiger charge is 2.36. The number of aliphatic imine (C=N–C) groups is 1. The van der Waals surface area contributed by atoms with Crippen LogP contribution in [-0.2, 0) is 4.79 Å². The number of fused-ring (bicyclic) bond motifs is 1. The van der Waals surface area contributed by atoms with Gasteiger partial charge < -0.3 is 9.30 Å². The molecule has 8 heteroatoms. The maximum atomic E-state index is 12.8. The van der Waals surface area contributed by atoms with E-state index < -0.39 is 5.91 Å². The van der Waals surface area contributed by atoms with Crippen molar-refractivity contribution in [1.82, 2.24) is 9.58 Å². The zero-order valence-electron chi connectivity index (χ0n) is 18.1. The maximum Gasteiger partial charge on any atom is 0.283 e. The van der Waals surface area contributed by atoms with Gasteiger partial charge in [0.1, 0.15) is 17.4 Å². The van der Waals surface area contributed by atoms with Gasteiger partial charge in [0.25, 0.3) is 5.91 Å². The Morgan fingerprint density at radius 3 is 2.58 bits per heavy atom. The van der Waals surface area contributed by atoms with E-state index in [1.807, 2.05) is 85.3 Å². The number of thioether (sulfide) groups is 1. The molecule has 0 spiro atoms. The van der Waals surface area contributed by atoms with Gasteiger partial charge in [-0.1, -0.05) is 36.4 Å². The summed E-state index contributed by atoms with van der Waals surface area (Å²) in [6.45, 7) is 4.25. The van der Waals surface area contributed by atoms with E-state index in [2.05, 4.69) is 10.1 Å². The van der Waals surface area contributed by atoms with Gasteiger partial charge in [0.15, 0.2) is 5.84 Å². The monoisotopic (exact) mass is 455 g/mol. The average Bonchev–Trinajstić information content (AvgIpc) is 3.43. The summed E-state index contributed by atoms with van der Waals surface area (Å²) < 4.78 is 7.86. The number of para-hydroxylation sites is 2. The van der Waals surface area contributed by atoms with E-state index in [0.717, 1.165) is 28.3 Å². The van der Waals surface area contributed by atoms with E-state index in [4.69, 9.17) is 10.1 Å². The highest BCUT2D eigenvalue weighted by Crippen LogP contribution is 2.29. The first-order valence-corrected chi connectivity index (χ1v) is 11.2. The molecule has 0 aliphatic carbocycles. The van der Waals surface area contributed by atoms with E-state index in [1.165, 1.54) is 16.8 Å². The summed E-state index contributed by atoms with van der Waals surface area (Å²) in [7, 11) is 0. The number of nitrogens with one attached hydrogen (secondary N) is 1. The number of hydrogen-bond donors (Lipinski definition) is 1. The molecule has 5 rings (SSSR count). The van der Waals surface area contributed by atoms with Crippen LogP contribution in [0.4, 0.5) is 0 Å². The summed E-state index contributed by atoms with van der Waals surface area (Å²) in [4.78, 5) is 17.0. The van der Waals surface area contributed by atoms with Crippen molar-refractivity contribution in [3.05, 3.63) is 89.3 Å². The van der Waals surface area contributed by atoms with Gasteiger partial charge in [-0.2, -0.15) is 15.1 Å². The number of aryl methyl sites for hydroxylation is 2. The van der Waals surface area contributed by atoms with E-state index in [9.17, 15) is 4.79 Å². The summed E-state index contributed by atoms with van der Waals surface area (Å²) in [5, 5.41) is 15.5. The molecule has 0 saturated carbocycles. The Hall–Kier alpha value is -3.91. The van der Waals surface area contributed by atoms with Gasteiger partial charge in [0.2, 0.25) is 5.17 Å². The second-order valence-electron chi connectivity index (χ2n) is 7.66. The van der Waals surface area contributed by atoms with Gasteiger partial charge in [0, 0.05) is 17.6 Å². The normalized spacial score (nSPS) is 16.7. The maximum absolute atomic E-state index is 12.8. The number of hydrazone groups is 1. The molecule has 2 aromatic carbocycles. The smallest absolute Gasteiger partial charge is 0.283 e. The molecule has 0 fully saturated rings. The van der Waals surface area contributed by atoms with Gasteiger partial charge >= 0.3 is 0 Å². The SMILES string of the molecule is Cc1ccccc1OCC1=NN2C(=N)/C(=C\c3cccn3-c3ccccc3C)C(=O)N=C2S1. The van der Waals surface area contributed by atoms with Crippen molar-refractivity contribution in [2.75, 3.05) is 6.61 Å². The van der Waals surface area contributed by atoms with Crippen molar-refractivity contribution in [2.45, 2.75) is 13.8 Å². The molecule has 0 saturated heterocycles. The summed E-state index contributed by atoms with van der Waals surface area (Å²) in [5.41, 5.74) is 4.13. The first-order chi connectivity index (χ1) is 16.0. The van der Waals surface area contributed by atoms with Crippen LogP contribution in [0.25, 0.3) is 11.8 Å². The van der Waals surface area contributed by atoms with Gasteiger partial charge in [-0.15, -0.1) is 0 Å². The highest BCUT2D eigenvalue weighted by atomic mass is 32.2. The Morgan fingerprint density at radius 1 is 1.03 bits per heavy atom. The van der Waals surface area contributed by atoms with Gasteiger partial charge in [-0.05, 0) is 67.1 Å². The lowest BCUT2D eigenvalue weighted by Gasteiger charge is -2.20. The second kappa shape index (κ2) is 8.55. The van der Waals surface area contributed by atoms with Crippen LogP contribution in [0.1, 0.15) is 16.8 Å². The molecule has 3 aromatic rings. The van der Waals surface area contributed by atoms with Gasteiger partial charge in [-0.3, -0.25) is 10.2 Å². The Kier molecular flexibility index (Phi) is 5.43. The highest BCUT2D eigenvalue weighted by molar-refractivity contribution is 8.27. The Morgan fingerprint density at radius 2 is 1.79 bits per heavy atom. The van der Waals surface area contributed by atoms with E-state index >= 15 is 0 Å². The topological polar surface area (TPSA) is 83.0 Å². The Labute approximate surface area is 195 Å². The molecule has 1 N–H and O–H groups in total. The van der Waals surface area contributed by atoms with Crippen LogP contribution in [-0.4, -0.2) is 38.1 Å². The molecule has 7 nitrogen and oxygen atoms in total. The zero-order chi connectivity index (χ0) is 22.9.